The topological polar surface area (TPSA) is 49.4 Å². The second kappa shape index (κ2) is 8.44. The Kier molecular flexibility index (Phi) is 8.07. The first-order valence-electron chi connectivity index (χ1n) is 5.73. The minimum atomic E-state index is -0.502. The van der Waals surface area contributed by atoms with Crippen LogP contribution in [0.2, 0.25) is 0 Å². The Bertz CT molecular complexity index is 234. The smallest absolute Gasteiger partial charge is 0.245 e. The Morgan fingerprint density at radius 3 is 2.38 bits per heavy atom. The van der Waals surface area contributed by atoms with E-state index in [-0.39, 0.29) is 11.8 Å². The number of thiol groups is 1. The molecule has 5 heteroatoms. The fourth-order valence-corrected chi connectivity index (χ4v) is 1.67. The first-order chi connectivity index (χ1) is 7.56. The van der Waals surface area contributed by atoms with Gasteiger partial charge in [-0.1, -0.05) is 13.3 Å². The molecule has 2 amide bonds. The molecular weight excluding hydrogens is 224 g/mol. The SMILES string of the molecule is CCCCN(CC)C(=O)C(CS)NC(C)=O. The molecule has 16 heavy (non-hydrogen) atoms. The molecule has 0 aliphatic heterocycles. The summed E-state index contributed by atoms with van der Waals surface area (Å²) in [6, 6.07) is -0.502. The van der Waals surface area contributed by atoms with Gasteiger partial charge in [0.05, 0.1) is 0 Å². The van der Waals surface area contributed by atoms with Crippen molar-refractivity contribution in [1.29, 1.82) is 0 Å². The molecule has 1 unspecified atom stereocenters. The van der Waals surface area contributed by atoms with E-state index < -0.39 is 6.04 Å². The van der Waals surface area contributed by atoms with E-state index in [0.717, 1.165) is 19.4 Å². The van der Waals surface area contributed by atoms with Gasteiger partial charge < -0.3 is 10.2 Å². The van der Waals surface area contributed by atoms with Crippen molar-refractivity contribution in [2.24, 2.45) is 0 Å². The average molecular weight is 246 g/mol. The number of hydrogen-bond donors (Lipinski definition) is 2. The molecule has 0 rings (SSSR count). The fraction of sp³-hybridized carbons (Fsp3) is 0.818. The molecule has 4 nitrogen and oxygen atoms in total. The van der Waals surface area contributed by atoms with Gasteiger partial charge in [-0.2, -0.15) is 12.6 Å². The molecule has 0 aromatic carbocycles. The Labute approximate surface area is 103 Å². The lowest BCUT2D eigenvalue weighted by atomic mass is 10.2. The molecule has 0 spiro atoms. The monoisotopic (exact) mass is 246 g/mol. The zero-order valence-electron chi connectivity index (χ0n) is 10.3. The molecular formula is C11H22N2O2S. The van der Waals surface area contributed by atoms with Crippen LogP contribution in [0.25, 0.3) is 0 Å². The van der Waals surface area contributed by atoms with Crippen LogP contribution in [0.3, 0.4) is 0 Å². The van der Waals surface area contributed by atoms with E-state index in [0.29, 0.717) is 12.3 Å². The van der Waals surface area contributed by atoms with E-state index in [1.54, 1.807) is 4.90 Å². The quantitative estimate of drug-likeness (QED) is 0.660. The minimum Gasteiger partial charge on any atom is -0.344 e. The molecule has 0 fully saturated rings. The van der Waals surface area contributed by atoms with E-state index >= 15 is 0 Å². The number of rotatable bonds is 7. The van der Waals surface area contributed by atoms with Gasteiger partial charge in [0, 0.05) is 25.8 Å². The lowest BCUT2D eigenvalue weighted by molar-refractivity contribution is -0.135. The van der Waals surface area contributed by atoms with Crippen molar-refractivity contribution in [2.45, 2.75) is 39.7 Å². The van der Waals surface area contributed by atoms with Crippen molar-refractivity contribution in [2.75, 3.05) is 18.8 Å². The molecule has 0 saturated heterocycles. The number of nitrogens with zero attached hydrogens (tertiary/aromatic N) is 1. The summed E-state index contributed by atoms with van der Waals surface area (Å²) in [4.78, 5) is 24.7. The van der Waals surface area contributed by atoms with Gasteiger partial charge in [0.2, 0.25) is 11.8 Å². The molecule has 0 radical (unpaired) electrons. The number of unbranched alkanes of at least 4 members (excludes halogenated alkanes) is 1. The third-order valence-electron chi connectivity index (χ3n) is 2.33. The standard InChI is InChI=1S/C11H22N2O2S/c1-4-6-7-13(5-2)11(15)10(8-16)12-9(3)14/h10,16H,4-8H2,1-3H3,(H,12,14). The van der Waals surface area contributed by atoms with Crippen LogP contribution in [0.4, 0.5) is 0 Å². The second-order valence-electron chi connectivity index (χ2n) is 3.71. The van der Waals surface area contributed by atoms with Gasteiger partial charge in [0.25, 0.3) is 0 Å². The molecule has 0 saturated carbocycles. The Morgan fingerprint density at radius 1 is 1.38 bits per heavy atom. The van der Waals surface area contributed by atoms with E-state index in [1.165, 1.54) is 6.92 Å². The zero-order chi connectivity index (χ0) is 12.6. The van der Waals surface area contributed by atoms with Gasteiger partial charge in [-0.15, -0.1) is 0 Å². The molecule has 0 aromatic rings. The van der Waals surface area contributed by atoms with Gasteiger partial charge >= 0.3 is 0 Å². The maximum absolute atomic E-state index is 12.0. The summed E-state index contributed by atoms with van der Waals surface area (Å²) in [7, 11) is 0. The van der Waals surface area contributed by atoms with Gasteiger partial charge in [-0.05, 0) is 13.3 Å². The summed E-state index contributed by atoms with van der Waals surface area (Å²) in [5.74, 6) is 0.0983. The number of carbonyl (C=O) groups is 2. The Hall–Kier alpha value is -0.710. The van der Waals surface area contributed by atoms with Crippen molar-refractivity contribution >= 4 is 24.4 Å². The predicted octanol–water partition coefficient (Wildman–Crippen LogP) is 1.07. The van der Waals surface area contributed by atoms with Crippen molar-refractivity contribution in [3.63, 3.8) is 0 Å². The number of amides is 2. The maximum atomic E-state index is 12.0. The molecule has 1 N–H and O–H groups in total. The van der Waals surface area contributed by atoms with Crippen LogP contribution in [-0.2, 0) is 9.59 Å². The predicted molar refractivity (Wildman–Crippen MR) is 68.6 cm³/mol. The zero-order valence-corrected chi connectivity index (χ0v) is 11.2. The maximum Gasteiger partial charge on any atom is 0.245 e. The lowest BCUT2D eigenvalue weighted by Crippen LogP contribution is -2.49. The van der Waals surface area contributed by atoms with E-state index in [2.05, 4.69) is 24.9 Å². The first kappa shape index (κ1) is 15.3. The molecule has 94 valence electrons. The lowest BCUT2D eigenvalue weighted by Gasteiger charge is -2.25. The normalized spacial score (nSPS) is 12.0. The summed E-state index contributed by atoms with van der Waals surface area (Å²) in [6.45, 7) is 6.85. The van der Waals surface area contributed by atoms with Crippen molar-refractivity contribution in [3.8, 4) is 0 Å². The Balaban J connectivity index is 4.37. The van der Waals surface area contributed by atoms with Gasteiger partial charge in [0.15, 0.2) is 0 Å². The van der Waals surface area contributed by atoms with Crippen molar-refractivity contribution < 1.29 is 9.59 Å². The highest BCUT2D eigenvalue weighted by Gasteiger charge is 2.22. The molecule has 0 aliphatic carbocycles. The van der Waals surface area contributed by atoms with Gasteiger partial charge in [-0.3, -0.25) is 9.59 Å². The third-order valence-corrected chi connectivity index (χ3v) is 2.70. The number of carbonyl (C=O) groups excluding carboxylic acids is 2. The minimum absolute atomic E-state index is 0.0406. The first-order valence-corrected chi connectivity index (χ1v) is 6.36. The molecule has 0 heterocycles. The summed E-state index contributed by atoms with van der Waals surface area (Å²) in [6.07, 6.45) is 2.04. The summed E-state index contributed by atoms with van der Waals surface area (Å²) in [5, 5.41) is 2.61. The summed E-state index contributed by atoms with van der Waals surface area (Å²) in [5.41, 5.74) is 0. The highest BCUT2D eigenvalue weighted by Crippen LogP contribution is 2.01. The van der Waals surface area contributed by atoms with Crippen LogP contribution in [0.5, 0.6) is 0 Å². The van der Waals surface area contributed by atoms with E-state index in [1.807, 2.05) is 6.92 Å². The molecule has 0 aliphatic rings. The van der Waals surface area contributed by atoms with E-state index in [4.69, 9.17) is 0 Å². The molecule has 0 bridgehead atoms. The molecule has 1 atom stereocenters. The van der Waals surface area contributed by atoms with Crippen LogP contribution >= 0.6 is 12.6 Å². The van der Waals surface area contributed by atoms with E-state index in [9.17, 15) is 9.59 Å². The average Bonchev–Trinajstić information content (AvgIpc) is 2.26. The number of nitrogens with one attached hydrogen (secondary N) is 1. The van der Waals surface area contributed by atoms with Crippen LogP contribution in [-0.4, -0.2) is 41.6 Å². The van der Waals surface area contributed by atoms with Gasteiger partial charge in [0.1, 0.15) is 6.04 Å². The highest BCUT2D eigenvalue weighted by atomic mass is 32.1. The molecule has 0 aromatic heterocycles. The van der Waals surface area contributed by atoms with Crippen molar-refractivity contribution in [3.05, 3.63) is 0 Å². The Morgan fingerprint density at radius 2 is 2.00 bits per heavy atom. The van der Waals surface area contributed by atoms with Gasteiger partial charge in [-0.25, -0.2) is 0 Å². The summed E-state index contributed by atoms with van der Waals surface area (Å²) >= 11 is 4.09. The van der Waals surface area contributed by atoms with Crippen LogP contribution in [0.15, 0.2) is 0 Å². The highest BCUT2D eigenvalue weighted by molar-refractivity contribution is 7.80. The number of likely N-dealkylation sites (N-methyl/N-ethyl adjacent to an activating group) is 1. The fourth-order valence-electron chi connectivity index (χ4n) is 1.42. The van der Waals surface area contributed by atoms with Crippen LogP contribution < -0.4 is 5.32 Å². The third kappa shape index (κ3) is 5.39. The second-order valence-corrected chi connectivity index (χ2v) is 4.07. The largest absolute Gasteiger partial charge is 0.344 e. The summed E-state index contributed by atoms with van der Waals surface area (Å²) < 4.78 is 0. The van der Waals surface area contributed by atoms with Crippen molar-refractivity contribution in [1.82, 2.24) is 10.2 Å². The van der Waals surface area contributed by atoms with Crippen LogP contribution in [0, 0.1) is 0 Å². The van der Waals surface area contributed by atoms with Crippen LogP contribution in [0.1, 0.15) is 33.6 Å². The number of hydrogen-bond acceptors (Lipinski definition) is 3.